The van der Waals surface area contributed by atoms with Gasteiger partial charge in [0.05, 0.1) is 7.11 Å². The zero-order chi connectivity index (χ0) is 35.3. The number of rotatable bonds is 11. The minimum Gasteiger partial charge on any atom is -0.497 e. The maximum absolute atomic E-state index is 13.7. The van der Waals surface area contributed by atoms with Crippen molar-refractivity contribution >= 4 is 23.7 Å². The molecule has 0 radical (unpaired) electrons. The fourth-order valence-electron chi connectivity index (χ4n) is 6.09. The van der Waals surface area contributed by atoms with E-state index >= 15 is 0 Å². The van der Waals surface area contributed by atoms with Gasteiger partial charge >= 0.3 is 12.1 Å². The van der Waals surface area contributed by atoms with E-state index in [4.69, 9.17) is 18.6 Å². The van der Waals surface area contributed by atoms with Gasteiger partial charge in [-0.3, -0.25) is 9.59 Å². The van der Waals surface area contributed by atoms with Crippen molar-refractivity contribution in [2.45, 2.75) is 51.2 Å². The number of carbonyl (C=O) groups excluding carboxylic acids is 3. The van der Waals surface area contributed by atoms with Crippen molar-refractivity contribution < 1.29 is 33.0 Å². The van der Waals surface area contributed by atoms with Crippen LogP contribution >= 0.6 is 0 Å². The molecule has 2 N–H and O–H groups in total. The number of nitrogens with one attached hydrogen (secondary N) is 2. The van der Waals surface area contributed by atoms with Gasteiger partial charge < -0.3 is 29.3 Å². The maximum Gasteiger partial charge on any atom is 0.407 e. The number of esters is 1. The van der Waals surface area contributed by atoms with Crippen LogP contribution in [0.3, 0.4) is 0 Å². The molecule has 256 valence electrons. The number of fused-ring (bicyclic) bond motifs is 3. The zero-order valence-corrected chi connectivity index (χ0v) is 28.5. The van der Waals surface area contributed by atoms with E-state index in [-0.39, 0.29) is 25.4 Å². The number of carbonyl (C=O) groups is 3. The first kappa shape index (κ1) is 34.0. The Hall–Kier alpha value is -5.83. The van der Waals surface area contributed by atoms with Crippen LogP contribution in [0.25, 0.3) is 33.8 Å². The molecule has 0 unspecified atom stereocenters. The van der Waals surface area contributed by atoms with E-state index in [0.717, 1.165) is 39.1 Å². The highest BCUT2D eigenvalue weighted by molar-refractivity contribution is 5.97. The van der Waals surface area contributed by atoms with Gasteiger partial charge in [-0.15, -0.1) is 0 Å². The molecule has 9 heteroatoms. The topological polar surface area (TPSA) is 116 Å². The van der Waals surface area contributed by atoms with Crippen molar-refractivity contribution in [3.8, 4) is 39.5 Å². The second kappa shape index (κ2) is 14.7. The van der Waals surface area contributed by atoms with Crippen LogP contribution in [0.15, 0.2) is 114 Å². The predicted octanol–water partition coefficient (Wildman–Crippen LogP) is 8.59. The highest BCUT2D eigenvalue weighted by Crippen LogP contribution is 2.44. The van der Waals surface area contributed by atoms with E-state index in [9.17, 15) is 14.4 Å². The van der Waals surface area contributed by atoms with Crippen molar-refractivity contribution in [2.75, 3.05) is 19.0 Å². The van der Waals surface area contributed by atoms with Gasteiger partial charge in [0.25, 0.3) is 0 Å². The standard InChI is InChI=1S/C41H40N2O7/c1-41(2,3)50-38(44)23-20-35(43-40(46)48-25-34-32-14-7-5-12-30(32)31-13-6-8-15-33(31)34)39(45)42-28-11-9-10-27(24-28)37-22-21-36(49-37)26-16-18-29(47-4)19-17-26/h5-19,21-22,24,34-35H,20,23,25H2,1-4H3,(H,42,45)(H,43,46)/t35-/m0/s1. The Bertz CT molecular complexity index is 1950. The van der Waals surface area contributed by atoms with E-state index in [2.05, 4.69) is 22.8 Å². The number of ether oxygens (including phenoxy) is 3. The highest BCUT2D eigenvalue weighted by Gasteiger charge is 2.30. The number of furan rings is 1. The summed E-state index contributed by atoms with van der Waals surface area (Å²) >= 11 is 0. The Morgan fingerprint density at radius 1 is 0.780 bits per heavy atom. The molecule has 0 saturated heterocycles. The zero-order valence-electron chi connectivity index (χ0n) is 28.5. The molecule has 0 fully saturated rings. The van der Waals surface area contributed by atoms with Crippen molar-refractivity contribution in [1.82, 2.24) is 5.32 Å². The quantitative estimate of drug-likeness (QED) is 0.135. The molecule has 0 spiro atoms. The normalized spacial score (nSPS) is 12.7. The van der Waals surface area contributed by atoms with Crippen LogP contribution in [-0.4, -0.2) is 43.3 Å². The summed E-state index contributed by atoms with van der Waals surface area (Å²) in [6.45, 7) is 5.41. The Morgan fingerprint density at radius 2 is 1.42 bits per heavy atom. The third-order valence-electron chi connectivity index (χ3n) is 8.40. The summed E-state index contributed by atoms with van der Waals surface area (Å²) in [5, 5.41) is 5.58. The summed E-state index contributed by atoms with van der Waals surface area (Å²) < 4.78 is 22.5. The van der Waals surface area contributed by atoms with Crippen molar-refractivity contribution in [1.29, 1.82) is 0 Å². The maximum atomic E-state index is 13.7. The lowest BCUT2D eigenvalue weighted by atomic mass is 9.98. The van der Waals surface area contributed by atoms with E-state index in [1.54, 1.807) is 46.1 Å². The number of alkyl carbamates (subject to hydrolysis) is 1. The average molecular weight is 673 g/mol. The number of benzene rings is 4. The van der Waals surface area contributed by atoms with Gasteiger partial charge in [-0.2, -0.15) is 0 Å². The third-order valence-corrected chi connectivity index (χ3v) is 8.40. The molecule has 1 aliphatic rings. The summed E-state index contributed by atoms with van der Waals surface area (Å²) in [5.74, 6) is 0.935. The van der Waals surface area contributed by atoms with Crippen LogP contribution in [0.2, 0.25) is 0 Å². The van der Waals surface area contributed by atoms with Crippen LogP contribution in [0.4, 0.5) is 10.5 Å². The summed E-state index contributed by atoms with van der Waals surface area (Å²) in [4.78, 5) is 39.5. The fourth-order valence-corrected chi connectivity index (χ4v) is 6.09. The Balaban J connectivity index is 1.14. The molecule has 1 aliphatic carbocycles. The van der Waals surface area contributed by atoms with Crippen LogP contribution in [0, 0.1) is 0 Å². The van der Waals surface area contributed by atoms with Gasteiger partial charge in [-0.25, -0.2) is 4.79 Å². The van der Waals surface area contributed by atoms with Crippen molar-refractivity contribution in [2.24, 2.45) is 0 Å². The first-order chi connectivity index (χ1) is 24.1. The van der Waals surface area contributed by atoms with Crippen LogP contribution in [-0.2, 0) is 19.1 Å². The lowest BCUT2D eigenvalue weighted by molar-refractivity contribution is -0.155. The molecule has 1 heterocycles. The monoisotopic (exact) mass is 672 g/mol. The molecular formula is C41H40N2O7. The van der Waals surface area contributed by atoms with E-state index in [1.165, 1.54) is 0 Å². The van der Waals surface area contributed by atoms with Crippen molar-refractivity contribution in [3.05, 3.63) is 120 Å². The first-order valence-corrected chi connectivity index (χ1v) is 16.6. The molecular weight excluding hydrogens is 632 g/mol. The summed E-state index contributed by atoms with van der Waals surface area (Å²) in [6.07, 6.45) is -0.834. The van der Waals surface area contributed by atoms with Gasteiger partial charge in [-0.1, -0.05) is 60.7 Å². The molecule has 4 aromatic carbocycles. The predicted molar refractivity (Wildman–Crippen MR) is 192 cm³/mol. The lowest BCUT2D eigenvalue weighted by Gasteiger charge is -2.22. The molecule has 6 rings (SSSR count). The second-order valence-corrected chi connectivity index (χ2v) is 13.1. The molecule has 1 aromatic heterocycles. The van der Waals surface area contributed by atoms with Crippen LogP contribution in [0.5, 0.6) is 5.75 Å². The minimum atomic E-state index is -1.08. The van der Waals surface area contributed by atoms with Gasteiger partial charge in [0.2, 0.25) is 5.91 Å². The van der Waals surface area contributed by atoms with Gasteiger partial charge in [-0.05, 0) is 98.0 Å². The molecule has 0 saturated carbocycles. The number of amides is 2. The molecule has 0 bridgehead atoms. The van der Waals surface area contributed by atoms with Gasteiger partial charge in [0, 0.05) is 29.2 Å². The number of hydrogen-bond acceptors (Lipinski definition) is 7. The van der Waals surface area contributed by atoms with E-state index in [0.29, 0.717) is 17.2 Å². The second-order valence-electron chi connectivity index (χ2n) is 13.1. The Kier molecular flexibility index (Phi) is 10.0. The van der Waals surface area contributed by atoms with Crippen molar-refractivity contribution in [3.63, 3.8) is 0 Å². The minimum absolute atomic E-state index is 0.00797. The summed E-state index contributed by atoms with van der Waals surface area (Å²) in [5.41, 5.74) is 5.83. The molecule has 9 nitrogen and oxygen atoms in total. The third kappa shape index (κ3) is 8.06. The average Bonchev–Trinajstić information content (AvgIpc) is 3.72. The number of hydrogen-bond donors (Lipinski definition) is 2. The summed E-state index contributed by atoms with van der Waals surface area (Å²) in [6, 6.07) is 33.5. The van der Waals surface area contributed by atoms with E-state index < -0.39 is 29.6 Å². The number of anilines is 1. The fraction of sp³-hybridized carbons (Fsp3) is 0.244. The molecule has 0 aliphatic heterocycles. The molecule has 1 atom stereocenters. The molecule has 50 heavy (non-hydrogen) atoms. The SMILES string of the molecule is COc1ccc(-c2ccc(-c3cccc(NC(=O)[C@H](CCC(=O)OC(C)(C)C)NC(=O)OCC4c5ccccc5-c5ccccc54)c3)o2)cc1. The Morgan fingerprint density at radius 3 is 2.06 bits per heavy atom. The first-order valence-electron chi connectivity index (χ1n) is 16.6. The van der Waals surface area contributed by atoms with Crippen LogP contribution < -0.4 is 15.4 Å². The van der Waals surface area contributed by atoms with E-state index in [1.807, 2.05) is 78.9 Å². The smallest absolute Gasteiger partial charge is 0.407 e. The summed E-state index contributed by atoms with van der Waals surface area (Å²) in [7, 11) is 1.62. The Labute approximate surface area is 291 Å². The highest BCUT2D eigenvalue weighted by atomic mass is 16.6. The number of methoxy groups -OCH3 is 1. The lowest BCUT2D eigenvalue weighted by Crippen LogP contribution is -2.44. The molecule has 2 amide bonds. The van der Waals surface area contributed by atoms with Crippen LogP contribution in [0.1, 0.15) is 50.7 Å². The van der Waals surface area contributed by atoms with Gasteiger partial charge in [0.1, 0.15) is 35.5 Å². The van der Waals surface area contributed by atoms with Gasteiger partial charge in [0.15, 0.2) is 0 Å². The largest absolute Gasteiger partial charge is 0.497 e. The molecule has 5 aromatic rings.